The van der Waals surface area contributed by atoms with Crippen LogP contribution in [0.1, 0.15) is 119 Å². The van der Waals surface area contributed by atoms with Crippen LogP contribution in [0.3, 0.4) is 0 Å². The zero-order valence-corrected chi connectivity index (χ0v) is 22.4. The molecular formula is C31H52O. The second kappa shape index (κ2) is 7.11. The molecule has 182 valence electrons. The molecule has 1 nitrogen and oxygen atoms in total. The van der Waals surface area contributed by atoms with Crippen LogP contribution in [0.5, 0.6) is 0 Å². The van der Waals surface area contributed by atoms with Gasteiger partial charge < -0.3 is 5.11 Å². The molecule has 5 rings (SSSR count). The van der Waals surface area contributed by atoms with Gasteiger partial charge in [0.25, 0.3) is 0 Å². The van der Waals surface area contributed by atoms with E-state index >= 15 is 0 Å². The first-order chi connectivity index (χ1) is 14.9. The summed E-state index contributed by atoms with van der Waals surface area (Å²) in [5.41, 5.74) is 3.79. The molecule has 0 radical (unpaired) electrons. The van der Waals surface area contributed by atoms with Gasteiger partial charge in [-0.15, -0.1) is 0 Å². The lowest BCUT2D eigenvalue weighted by atomic mass is 9.41. The van der Waals surface area contributed by atoms with Crippen LogP contribution >= 0.6 is 0 Å². The summed E-state index contributed by atoms with van der Waals surface area (Å²) in [6, 6.07) is 0. The van der Waals surface area contributed by atoms with E-state index in [0.717, 1.165) is 30.1 Å². The van der Waals surface area contributed by atoms with Crippen LogP contribution in [0.4, 0.5) is 0 Å². The second-order valence-corrected chi connectivity index (χ2v) is 14.9. The van der Waals surface area contributed by atoms with Crippen molar-refractivity contribution in [2.45, 2.75) is 125 Å². The maximum Gasteiger partial charge on any atom is 0.0594 e. The van der Waals surface area contributed by atoms with Crippen LogP contribution in [0.2, 0.25) is 0 Å². The fraction of sp³-hybridized carbons (Fsp3) is 0.935. The van der Waals surface area contributed by atoms with Crippen LogP contribution in [-0.2, 0) is 0 Å². The molecule has 5 aliphatic rings. The lowest BCUT2D eigenvalue weighted by Gasteiger charge is -2.63. The zero-order valence-electron chi connectivity index (χ0n) is 22.4. The van der Waals surface area contributed by atoms with Crippen LogP contribution in [0.25, 0.3) is 0 Å². The highest BCUT2D eigenvalue weighted by Gasteiger charge is 2.82. The van der Waals surface area contributed by atoms with E-state index in [0.29, 0.717) is 27.6 Å². The Labute approximate surface area is 199 Å². The number of hydrogen-bond acceptors (Lipinski definition) is 1. The molecule has 0 aliphatic heterocycles. The predicted octanol–water partition coefficient (Wildman–Crippen LogP) is 8.41. The molecule has 0 aromatic heterocycles. The highest BCUT2D eigenvalue weighted by atomic mass is 16.3. The Balaban J connectivity index is 1.39. The van der Waals surface area contributed by atoms with E-state index in [1.54, 1.807) is 0 Å². The van der Waals surface area contributed by atoms with Crippen molar-refractivity contribution in [3.8, 4) is 0 Å². The first-order valence-corrected chi connectivity index (χ1v) is 14.2. The smallest absolute Gasteiger partial charge is 0.0594 e. The largest absolute Gasteiger partial charge is 0.393 e. The summed E-state index contributed by atoms with van der Waals surface area (Å²) in [6.07, 6.45) is 15.0. The Morgan fingerprint density at radius 3 is 2.19 bits per heavy atom. The van der Waals surface area contributed by atoms with Crippen LogP contribution in [-0.4, -0.2) is 11.2 Å². The first-order valence-electron chi connectivity index (χ1n) is 14.2. The standard InChI is InChI=1S/C31H52O/c1-20(2)21(3)9-10-22(4)23-13-15-29(8)25-12-11-24-27(5,6)26(32)14-16-30(24)19-31(25,30)18-17-28(23,29)7/h20,22-26,32H,3,9-19H2,1-2,4-8H3/t22-,23-,24+,25+,26+,28+,29-,30-,31+/m1/s1. The van der Waals surface area contributed by atoms with Gasteiger partial charge in [0.05, 0.1) is 6.10 Å². The Hall–Kier alpha value is -0.300. The molecule has 1 heteroatoms. The van der Waals surface area contributed by atoms with Crippen LogP contribution in [0, 0.1) is 56.7 Å². The molecule has 0 heterocycles. The minimum atomic E-state index is -0.0888. The van der Waals surface area contributed by atoms with Gasteiger partial charge in [-0.3, -0.25) is 0 Å². The van der Waals surface area contributed by atoms with Gasteiger partial charge in [0.15, 0.2) is 0 Å². The Morgan fingerprint density at radius 2 is 1.50 bits per heavy atom. The van der Waals surface area contributed by atoms with Gasteiger partial charge in [0.1, 0.15) is 0 Å². The van der Waals surface area contributed by atoms with E-state index in [2.05, 4.69) is 55.0 Å². The van der Waals surface area contributed by atoms with Gasteiger partial charge in [-0.2, -0.15) is 0 Å². The third-order valence-corrected chi connectivity index (χ3v) is 13.6. The third-order valence-electron chi connectivity index (χ3n) is 13.6. The van der Waals surface area contributed by atoms with Crippen molar-refractivity contribution in [1.29, 1.82) is 0 Å². The molecular weight excluding hydrogens is 388 g/mol. The summed E-state index contributed by atoms with van der Waals surface area (Å²) in [5.74, 6) is 4.02. The Bertz CT molecular complexity index is 779. The minimum absolute atomic E-state index is 0.0888. The third kappa shape index (κ3) is 2.73. The highest BCUT2D eigenvalue weighted by molar-refractivity contribution is 5.30. The van der Waals surface area contributed by atoms with E-state index in [9.17, 15) is 5.11 Å². The zero-order chi connectivity index (χ0) is 23.3. The Morgan fingerprint density at radius 1 is 0.844 bits per heavy atom. The molecule has 32 heavy (non-hydrogen) atoms. The summed E-state index contributed by atoms with van der Waals surface area (Å²) in [7, 11) is 0. The fourth-order valence-corrected chi connectivity index (χ4v) is 11.2. The van der Waals surface area contributed by atoms with Crippen molar-refractivity contribution in [1.82, 2.24) is 0 Å². The number of fused-ring (bicyclic) bond motifs is 2. The average molecular weight is 441 g/mol. The predicted molar refractivity (Wildman–Crippen MR) is 135 cm³/mol. The summed E-state index contributed by atoms with van der Waals surface area (Å²) < 4.78 is 0. The molecule has 5 aliphatic carbocycles. The normalized spacial score (nSPS) is 51.9. The van der Waals surface area contributed by atoms with Crippen molar-refractivity contribution in [3.63, 3.8) is 0 Å². The molecule has 9 atom stereocenters. The van der Waals surface area contributed by atoms with Crippen molar-refractivity contribution in [2.24, 2.45) is 56.7 Å². The van der Waals surface area contributed by atoms with Gasteiger partial charge in [-0.05, 0) is 127 Å². The minimum Gasteiger partial charge on any atom is -0.393 e. The van der Waals surface area contributed by atoms with E-state index in [1.165, 1.54) is 69.8 Å². The van der Waals surface area contributed by atoms with Gasteiger partial charge in [0.2, 0.25) is 0 Å². The monoisotopic (exact) mass is 440 g/mol. The SMILES string of the molecule is C=C(CC[C@@H](C)[C@H]1CC[C@]2(C)[C@@H]3CC[C@H]4C(C)(C)[C@@H](O)CC[C@@]45C[C@@]35CC[C@@]12C)C(C)C. The van der Waals surface area contributed by atoms with Crippen molar-refractivity contribution >= 4 is 0 Å². The van der Waals surface area contributed by atoms with Gasteiger partial charge in [-0.25, -0.2) is 0 Å². The van der Waals surface area contributed by atoms with Crippen LogP contribution in [0.15, 0.2) is 12.2 Å². The molecule has 0 aromatic carbocycles. The second-order valence-electron chi connectivity index (χ2n) is 14.9. The molecule has 0 aromatic rings. The van der Waals surface area contributed by atoms with Gasteiger partial charge >= 0.3 is 0 Å². The molecule has 1 N–H and O–H groups in total. The van der Waals surface area contributed by atoms with E-state index < -0.39 is 0 Å². The molecule has 0 unspecified atom stereocenters. The van der Waals surface area contributed by atoms with Gasteiger partial charge in [-0.1, -0.05) is 60.6 Å². The first kappa shape index (κ1) is 23.4. The fourth-order valence-electron chi connectivity index (χ4n) is 11.2. The van der Waals surface area contributed by atoms with Crippen molar-refractivity contribution < 1.29 is 5.11 Å². The lowest BCUT2D eigenvalue weighted by molar-refractivity contribution is -0.161. The summed E-state index contributed by atoms with van der Waals surface area (Å²) in [6.45, 7) is 21.8. The average Bonchev–Trinajstić information content (AvgIpc) is 3.31. The number of aliphatic hydroxyl groups is 1. The highest BCUT2D eigenvalue weighted by Crippen LogP contribution is 2.89. The molecule has 0 bridgehead atoms. The number of rotatable bonds is 5. The van der Waals surface area contributed by atoms with Gasteiger partial charge in [0, 0.05) is 0 Å². The quantitative estimate of drug-likeness (QED) is 0.425. The topological polar surface area (TPSA) is 20.2 Å². The Kier molecular flexibility index (Phi) is 5.21. The van der Waals surface area contributed by atoms with Crippen LogP contribution < -0.4 is 0 Å². The number of allylic oxidation sites excluding steroid dienone is 1. The van der Waals surface area contributed by atoms with E-state index in [1.807, 2.05) is 0 Å². The molecule has 5 fully saturated rings. The molecule has 5 saturated carbocycles. The number of hydrogen-bond donors (Lipinski definition) is 1. The summed E-state index contributed by atoms with van der Waals surface area (Å²) in [4.78, 5) is 0. The summed E-state index contributed by atoms with van der Waals surface area (Å²) >= 11 is 0. The molecule has 2 spiro atoms. The molecule has 0 saturated heterocycles. The van der Waals surface area contributed by atoms with E-state index in [4.69, 9.17) is 0 Å². The van der Waals surface area contributed by atoms with Crippen molar-refractivity contribution in [3.05, 3.63) is 12.2 Å². The molecule has 0 amide bonds. The maximum atomic E-state index is 10.9. The van der Waals surface area contributed by atoms with E-state index in [-0.39, 0.29) is 11.5 Å². The number of aliphatic hydroxyl groups excluding tert-OH is 1. The lowest BCUT2D eigenvalue weighted by Crippen LogP contribution is -2.57. The summed E-state index contributed by atoms with van der Waals surface area (Å²) in [5, 5.41) is 10.9. The van der Waals surface area contributed by atoms with Crippen molar-refractivity contribution in [2.75, 3.05) is 0 Å². The maximum absolute atomic E-state index is 10.9.